The van der Waals surface area contributed by atoms with Gasteiger partial charge in [0.25, 0.3) is 0 Å². The van der Waals surface area contributed by atoms with Crippen LogP contribution in [0.1, 0.15) is 44.9 Å². The molecule has 6 nitrogen and oxygen atoms in total. The van der Waals surface area contributed by atoms with Crippen LogP contribution < -0.4 is 10.6 Å². The number of likely N-dealkylation sites (N-methyl/N-ethyl adjacent to an activating group) is 1. The van der Waals surface area contributed by atoms with Crippen LogP contribution in [0.5, 0.6) is 0 Å². The highest BCUT2D eigenvalue weighted by molar-refractivity contribution is 14.0. The van der Waals surface area contributed by atoms with Crippen LogP contribution in [-0.4, -0.2) is 62.7 Å². The third-order valence-electron chi connectivity index (χ3n) is 4.38. The summed E-state index contributed by atoms with van der Waals surface area (Å²) >= 11 is 0. The van der Waals surface area contributed by atoms with E-state index in [1.54, 1.807) is 19.0 Å². The number of carbonyl (C=O) groups excluding carboxylic acids is 1. The second-order valence-corrected chi connectivity index (χ2v) is 6.46. The van der Waals surface area contributed by atoms with Gasteiger partial charge in [0.05, 0.1) is 0 Å². The maximum Gasteiger partial charge on any atom is 0.243 e. The van der Waals surface area contributed by atoms with Gasteiger partial charge in [-0.25, -0.2) is 4.99 Å². The summed E-state index contributed by atoms with van der Waals surface area (Å²) in [5.74, 6) is 0.811. The van der Waals surface area contributed by atoms with Crippen molar-refractivity contribution in [3.8, 4) is 0 Å². The standard InChI is InChI=1S/C16H30N4O2.HI/c1-20(2)15(21)12-17-16(18-13-6-4-3-5-7-13)19-14-8-10-22-11-9-14;/h13-14H,3-12H2,1-2H3,(H2,17,18,19);1H. The normalized spacial score (nSPS) is 20.5. The fraction of sp³-hybridized carbons (Fsp3) is 0.875. The molecule has 134 valence electrons. The summed E-state index contributed by atoms with van der Waals surface area (Å²) in [6.45, 7) is 1.79. The van der Waals surface area contributed by atoms with Gasteiger partial charge in [-0.1, -0.05) is 19.3 Å². The lowest BCUT2D eigenvalue weighted by Crippen LogP contribution is -2.49. The summed E-state index contributed by atoms with van der Waals surface area (Å²) in [6, 6.07) is 0.868. The van der Waals surface area contributed by atoms with Crippen molar-refractivity contribution < 1.29 is 9.53 Å². The Hall–Kier alpha value is -0.570. The molecule has 0 atom stereocenters. The highest BCUT2D eigenvalue weighted by Crippen LogP contribution is 2.17. The number of nitrogens with one attached hydrogen (secondary N) is 2. The fourth-order valence-corrected chi connectivity index (χ4v) is 2.90. The Morgan fingerprint density at radius 2 is 1.61 bits per heavy atom. The molecule has 1 aliphatic carbocycles. The van der Waals surface area contributed by atoms with Crippen LogP contribution in [0, 0.1) is 0 Å². The van der Waals surface area contributed by atoms with Crippen molar-refractivity contribution in [2.24, 2.45) is 4.99 Å². The first-order valence-electron chi connectivity index (χ1n) is 8.50. The van der Waals surface area contributed by atoms with Crippen LogP contribution in [0.15, 0.2) is 4.99 Å². The molecule has 1 amide bonds. The molecule has 1 saturated carbocycles. The monoisotopic (exact) mass is 438 g/mol. The number of hydrogen-bond donors (Lipinski definition) is 2. The maximum absolute atomic E-state index is 11.8. The molecule has 2 rings (SSSR count). The van der Waals surface area contributed by atoms with Crippen molar-refractivity contribution in [2.45, 2.75) is 57.0 Å². The summed E-state index contributed by atoms with van der Waals surface area (Å²) in [5.41, 5.74) is 0. The molecular formula is C16H31IN4O2. The molecule has 1 saturated heterocycles. The van der Waals surface area contributed by atoms with Crippen LogP contribution in [0.4, 0.5) is 0 Å². The van der Waals surface area contributed by atoms with E-state index in [9.17, 15) is 4.79 Å². The largest absolute Gasteiger partial charge is 0.381 e. The zero-order valence-electron chi connectivity index (χ0n) is 14.3. The Balaban J connectivity index is 0.00000264. The van der Waals surface area contributed by atoms with Crippen molar-refractivity contribution in [1.29, 1.82) is 0 Å². The first-order chi connectivity index (χ1) is 10.6. The molecule has 1 aliphatic heterocycles. The van der Waals surface area contributed by atoms with Gasteiger partial charge in [-0.2, -0.15) is 0 Å². The lowest BCUT2D eigenvalue weighted by atomic mass is 9.96. The minimum atomic E-state index is 0. The molecule has 7 heteroatoms. The summed E-state index contributed by atoms with van der Waals surface area (Å²) in [4.78, 5) is 17.9. The highest BCUT2D eigenvalue weighted by atomic mass is 127. The SMILES string of the molecule is CN(C)C(=O)CN=C(NC1CCCCC1)NC1CCOCC1.I. The van der Waals surface area contributed by atoms with Crippen molar-refractivity contribution in [3.63, 3.8) is 0 Å². The summed E-state index contributed by atoms with van der Waals surface area (Å²) in [6.07, 6.45) is 8.25. The van der Waals surface area contributed by atoms with Gasteiger partial charge in [0.15, 0.2) is 5.96 Å². The highest BCUT2D eigenvalue weighted by Gasteiger charge is 2.19. The number of amides is 1. The van der Waals surface area contributed by atoms with Gasteiger partial charge in [-0.05, 0) is 25.7 Å². The van der Waals surface area contributed by atoms with Gasteiger partial charge in [-0.3, -0.25) is 4.79 Å². The van der Waals surface area contributed by atoms with Gasteiger partial charge in [-0.15, -0.1) is 24.0 Å². The number of halogens is 1. The van der Waals surface area contributed by atoms with Crippen LogP contribution in [0.2, 0.25) is 0 Å². The van der Waals surface area contributed by atoms with Gasteiger partial charge >= 0.3 is 0 Å². The molecule has 0 spiro atoms. The Morgan fingerprint density at radius 3 is 2.17 bits per heavy atom. The van der Waals surface area contributed by atoms with Gasteiger partial charge in [0, 0.05) is 39.4 Å². The predicted octanol–water partition coefficient (Wildman–Crippen LogP) is 1.74. The van der Waals surface area contributed by atoms with Crippen molar-refractivity contribution in [1.82, 2.24) is 15.5 Å². The zero-order valence-corrected chi connectivity index (χ0v) is 16.7. The average Bonchev–Trinajstić information content (AvgIpc) is 2.54. The van der Waals surface area contributed by atoms with Crippen molar-refractivity contribution >= 4 is 35.8 Å². The quantitative estimate of drug-likeness (QED) is 0.399. The van der Waals surface area contributed by atoms with E-state index in [2.05, 4.69) is 15.6 Å². The molecule has 1 heterocycles. The smallest absolute Gasteiger partial charge is 0.243 e. The Labute approximate surface area is 156 Å². The summed E-state index contributed by atoms with van der Waals surface area (Å²) in [7, 11) is 3.52. The van der Waals surface area contributed by atoms with Crippen LogP contribution in [0.25, 0.3) is 0 Å². The lowest BCUT2D eigenvalue weighted by molar-refractivity contribution is -0.127. The second kappa shape index (κ2) is 11.1. The Morgan fingerprint density at radius 1 is 1.04 bits per heavy atom. The third kappa shape index (κ3) is 7.69. The molecular weight excluding hydrogens is 407 g/mol. The van der Waals surface area contributed by atoms with E-state index in [0.717, 1.165) is 32.0 Å². The molecule has 2 fully saturated rings. The molecule has 23 heavy (non-hydrogen) atoms. The number of ether oxygens (including phenoxy) is 1. The molecule has 2 aliphatic rings. The Kier molecular flexibility index (Phi) is 9.85. The molecule has 0 aromatic heterocycles. The van der Waals surface area contributed by atoms with Gasteiger partial charge in [0.1, 0.15) is 6.54 Å². The fourth-order valence-electron chi connectivity index (χ4n) is 2.90. The van der Waals surface area contributed by atoms with E-state index in [4.69, 9.17) is 4.74 Å². The van der Waals surface area contributed by atoms with Crippen LogP contribution in [0.3, 0.4) is 0 Å². The van der Waals surface area contributed by atoms with Crippen molar-refractivity contribution in [3.05, 3.63) is 0 Å². The second-order valence-electron chi connectivity index (χ2n) is 6.46. The van der Waals surface area contributed by atoms with E-state index >= 15 is 0 Å². The topological polar surface area (TPSA) is 66.0 Å². The molecule has 0 aromatic rings. The number of hydrogen-bond acceptors (Lipinski definition) is 3. The first kappa shape index (κ1) is 20.5. The molecule has 0 bridgehead atoms. The average molecular weight is 438 g/mol. The Bertz CT molecular complexity index is 356. The number of guanidine groups is 1. The molecule has 2 N–H and O–H groups in total. The van der Waals surface area contributed by atoms with E-state index in [-0.39, 0.29) is 36.4 Å². The predicted molar refractivity (Wildman–Crippen MR) is 103 cm³/mol. The minimum absolute atomic E-state index is 0. The number of rotatable bonds is 4. The summed E-state index contributed by atoms with van der Waals surface area (Å²) in [5, 5.41) is 7.01. The number of carbonyl (C=O) groups is 1. The van der Waals surface area contributed by atoms with E-state index in [0.29, 0.717) is 12.1 Å². The van der Waals surface area contributed by atoms with E-state index in [1.165, 1.54) is 32.1 Å². The lowest BCUT2D eigenvalue weighted by Gasteiger charge is -2.29. The maximum atomic E-state index is 11.8. The summed E-state index contributed by atoms with van der Waals surface area (Å²) < 4.78 is 5.40. The van der Waals surface area contributed by atoms with Crippen LogP contribution in [-0.2, 0) is 9.53 Å². The minimum Gasteiger partial charge on any atom is -0.381 e. The molecule has 0 aromatic carbocycles. The van der Waals surface area contributed by atoms with Crippen molar-refractivity contribution in [2.75, 3.05) is 33.9 Å². The first-order valence-corrected chi connectivity index (χ1v) is 8.50. The van der Waals surface area contributed by atoms with E-state index < -0.39 is 0 Å². The van der Waals surface area contributed by atoms with Crippen LogP contribution >= 0.6 is 24.0 Å². The molecule has 0 radical (unpaired) electrons. The van der Waals surface area contributed by atoms with Gasteiger partial charge < -0.3 is 20.3 Å². The third-order valence-corrected chi connectivity index (χ3v) is 4.38. The zero-order chi connectivity index (χ0) is 15.8. The number of nitrogens with zero attached hydrogens (tertiary/aromatic N) is 2. The number of aliphatic imine (C=N–C) groups is 1. The van der Waals surface area contributed by atoms with Gasteiger partial charge in [0.2, 0.25) is 5.91 Å². The molecule has 0 unspecified atom stereocenters. The van der Waals surface area contributed by atoms with E-state index in [1.807, 2.05) is 0 Å².